The Balaban J connectivity index is 2.54. The number of carboxylic acids is 1. The van der Waals surface area contributed by atoms with Crippen LogP contribution in [0.3, 0.4) is 0 Å². The van der Waals surface area contributed by atoms with Crippen LogP contribution in [0.25, 0.3) is 0 Å². The van der Waals surface area contributed by atoms with Crippen molar-refractivity contribution in [2.75, 3.05) is 27.2 Å². The van der Waals surface area contributed by atoms with Crippen molar-refractivity contribution in [3.8, 4) is 0 Å². The summed E-state index contributed by atoms with van der Waals surface area (Å²) >= 11 is 0. The molecule has 0 amide bonds. The molecule has 4 heteroatoms. The molecule has 4 nitrogen and oxygen atoms in total. The molecule has 1 aliphatic heterocycles. The van der Waals surface area contributed by atoms with Crippen LogP contribution in [0, 0.1) is 5.92 Å². The molecule has 1 heterocycles. The molecule has 1 fully saturated rings. The van der Waals surface area contributed by atoms with Crippen LogP contribution in [0.2, 0.25) is 0 Å². The SMILES string of the molecule is CC(C)C(C(=O)O)N1CCC(N(C)C)CC1. The molecule has 0 bridgehead atoms. The fraction of sp³-hybridized carbons (Fsp3) is 0.917. The van der Waals surface area contributed by atoms with E-state index >= 15 is 0 Å². The molecule has 0 spiro atoms. The number of hydrogen-bond donors (Lipinski definition) is 1. The second-order valence-corrected chi connectivity index (χ2v) is 5.26. The van der Waals surface area contributed by atoms with Gasteiger partial charge in [0.2, 0.25) is 0 Å². The number of piperidine rings is 1. The predicted molar refractivity (Wildman–Crippen MR) is 64.5 cm³/mol. The second kappa shape index (κ2) is 5.64. The largest absolute Gasteiger partial charge is 0.480 e. The highest BCUT2D eigenvalue weighted by Crippen LogP contribution is 2.20. The molecule has 0 aromatic carbocycles. The van der Waals surface area contributed by atoms with E-state index in [-0.39, 0.29) is 12.0 Å². The van der Waals surface area contributed by atoms with Crippen molar-refractivity contribution < 1.29 is 9.90 Å². The minimum absolute atomic E-state index is 0.174. The monoisotopic (exact) mass is 228 g/mol. The molecule has 0 aromatic heterocycles. The first kappa shape index (κ1) is 13.5. The average molecular weight is 228 g/mol. The van der Waals surface area contributed by atoms with Gasteiger partial charge in [-0.1, -0.05) is 13.8 Å². The van der Waals surface area contributed by atoms with Crippen LogP contribution in [0.1, 0.15) is 26.7 Å². The summed E-state index contributed by atoms with van der Waals surface area (Å²) in [5, 5.41) is 9.22. The van der Waals surface area contributed by atoms with E-state index in [4.69, 9.17) is 0 Å². The van der Waals surface area contributed by atoms with Gasteiger partial charge in [-0.2, -0.15) is 0 Å². The highest BCUT2D eigenvalue weighted by atomic mass is 16.4. The van der Waals surface area contributed by atoms with Gasteiger partial charge in [0.1, 0.15) is 6.04 Å². The number of aliphatic carboxylic acids is 1. The van der Waals surface area contributed by atoms with Crippen molar-refractivity contribution in [1.82, 2.24) is 9.80 Å². The van der Waals surface area contributed by atoms with Gasteiger partial charge in [-0.3, -0.25) is 9.69 Å². The van der Waals surface area contributed by atoms with Gasteiger partial charge >= 0.3 is 5.97 Å². The van der Waals surface area contributed by atoms with Crippen molar-refractivity contribution >= 4 is 5.97 Å². The maximum atomic E-state index is 11.2. The molecule has 0 saturated carbocycles. The van der Waals surface area contributed by atoms with Gasteiger partial charge in [-0.05, 0) is 32.9 Å². The number of carbonyl (C=O) groups is 1. The van der Waals surface area contributed by atoms with E-state index in [0.717, 1.165) is 25.9 Å². The zero-order chi connectivity index (χ0) is 12.3. The molecular weight excluding hydrogens is 204 g/mol. The lowest BCUT2D eigenvalue weighted by Crippen LogP contribution is -2.51. The summed E-state index contributed by atoms with van der Waals surface area (Å²) in [5.74, 6) is -0.508. The summed E-state index contributed by atoms with van der Waals surface area (Å²) in [6, 6.07) is 0.293. The number of rotatable bonds is 4. The molecule has 1 atom stereocenters. The fourth-order valence-corrected chi connectivity index (χ4v) is 2.54. The Labute approximate surface area is 98.2 Å². The molecule has 1 aliphatic rings. The summed E-state index contributed by atoms with van der Waals surface area (Å²) in [7, 11) is 4.19. The molecule has 1 unspecified atom stereocenters. The molecule has 0 radical (unpaired) electrons. The lowest BCUT2D eigenvalue weighted by Gasteiger charge is -2.39. The van der Waals surface area contributed by atoms with E-state index < -0.39 is 5.97 Å². The molecule has 1 rings (SSSR count). The first-order valence-corrected chi connectivity index (χ1v) is 6.06. The quantitative estimate of drug-likeness (QED) is 0.783. The van der Waals surface area contributed by atoms with Gasteiger partial charge in [0.15, 0.2) is 0 Å². The lowest BCUT2D eigenvalue weighted by atomic mass is 9.97. The topological polar surface area (TPSA) is 43.8 Å². The molecule has 94 valence electrons. The minimum atomic E-state index is -0.682. The standard InChI is InChI=1S/C12H24N2O2/c1-9(2)11(12(15)16)14-7-5-10(6-8-14)13(3)4/h9-11H,5-8H2,1-4H3,(H,15,16). The van der Waals surface area contributed by atoms with Crippen LogP contribution in [0.4, 0.5) is 0 Å². The van der Waals surface area contributed by atoms with Crippen LogP contribution in [0.5, 0.6) is 0 Å². The molecule has 0 aliphatic carbocycles. The van der Waals surface area contributed by atoms with Gasteiger partial charge in [0, 0.05) is 19.1 Å². The smallest absolute Gasteiger partial charge is 0.321 e. The third-order valence-corrected chi connectivity index (χ3v) is 3.51. The van der Waals surface area contributed by atoms with Crippen molar-refractivity contribution in [3.05, 3.63) is 0 Å². The maximum Gasteiger partial charge on any atom is 0.321 e. The van der Waals surface area contributed by atoms with Crippen LogP contribution >= 0.6 is 0 Å². The third-order valence-electron chi connectivity index (χ3n) is 3.51. The predicted octanol–water partition coefficient (Wildman–Crippen LogP) is 1.12. The molecule has 1 N–H and O–H groups in total. The van der Waals surface area contributed by atoms with Gasteiger partial charge in [-0.25, -0.2) is 0 Å². The highest BCUT2D eigenvalue weighted by Gasteiger charge is 2.32. The van der Waals surface area contributed by atoms with E-state index in [1.807, 2.05) is 13.8 Å². The van der Waals surface area contributed by atoms with Crippen molar-refractivity contribution in [3.63, 3.8) is 0 Å². The Kier molecular flexibility index (Phi) is 4.74. The van der Waals surface area contributed by atoms with Gasteiger partial charge in [0.25, 0.3) is 0 Å². The Bertz CT molecular complexity index is 233. The van der Waals surface area contributed by atoms with Crippen molar-refractivity contribution in [1.29, 1.82) is 0 Å². The lowest BCUT2D eigenvalue weighted by molar-refractivity contribution is -0.145. The zero-order valence-electron chi connectivity index (χ0n) is 10.8. The summed E-state index contributed by atoms with van der Waals surface area (Å²) in [6.45, 7) is 5.77. The Morgan fingerprint density at radius 3 is 2.12 bits per heavy atom. The number of hydrogen-bond acceptors (Lipinski definition) is 3. The van der Waals surface area contributed by atoms with Crippen LogP contribution in [-0.4, -0.2) is 60.1 Å². The fourth-order valence-electron chi connectivity index (χ4n) is 2.54. The first-order valence-electron chi connectivity index (χ1n) is 6.06. The zero-order valence-corrected chi connectivity index (χ0v) is 10.8. The van der Waals surface area contributed by atoms with Crippen LogP contribution < -0.4 is 0 Å². The summed E-state index contributed by atoms with van der Waals surface area (Å²) in [5.41, 5.74) is 0. The molecular formula is C12H24N2O2. The minimum Gasteiger partial charge on any atom is -0.480 e. The Morgan fingerprint density at radius 1 is 1.31 bits per heavy atom. The summed E-state index contributed by atoms with van der Waals surface area (Å²) in [6.07, 6.45) is 2.15. The first-order chi connectivity index (χ1) is 7.43. The van der Waals surface area contributed by atoms with E-state index in [9.17, 15) is 9.90 Å². The number of likely N-dealkylation sites (tertiary alicyclic amines) is 1. The molecule has 16 heavy (non-hydrogen) atoms. The van der Waals surface area contributed by atoms with E-state index in [1.165, 1.54) is 0 Å². The van der Waals surface area contributed by atoms with E-state index in [1.54, 1.807) is 0 Å². The third kappa shape index (κ3) is 3.19. The second-order valence-electron chi connectivity index (χ2n) is 5.26. The van der Waals surface area contributed by atoms with Gasteiger partial charge in [-0.15, -0.1) is 0 Å². The number of nitrogens with zero attached hydrogens (tertiary/aromatic N) is 2. The molecule has 0 aromatic rings. The van der Waals surface area contributed by atoms with Crippen molar-refractivity contribution in [2.24, 2.45) is 5.92 Å². The van der Waals surface area contributed by atoms with E-state index in [2.05, 4.69) is 23.9 Å². The maximum absolute atomic E-state index is 11.2. The molecule has 1 saturated heterocycles. The van der Waals surface area contributed by atoms with E-state index in [0.29, 0.717) is 6.04 Å². The number of carboxylic acid groups (broad SMARTS) is 1. The van der Waals surface area contributed by atoms with Gasteiger partial charge in [0.05, 0.1) is 0 Å². The normalized spacial score (nSPS) is 21.6. The average Bonchev–Trinajstić information content (AvgIpc) is 2.17. The Hall–Kier alpha value is -0.610. The highest BCUT2D eigenvalue weighted by molar-refractivity contribution is 5.73. The van der Waals surface area contributed by atoms with Gasteiger partial charge < -0.3 is 10.0 Å². The summed E-state index contributed by atoms with van der Waals surface area (Å²) in [4.78, 5) is 15.6. The van der Waals surface area contributed by atoms with Crippen LogP contribution in [-0.2, 0) is 4.79 Å². The van der Waals surface area contributed by atoms with Crippen LogP contribution in [0.15, 0.2) is 0 Å². The Morgan fingerprint density at radius 2 is 1.81 bits per heavy atom. The summed E-state index contributed by atoms with van der Waals surface area (Å²) < 4.78 is 0. The van der Waals surface area contributed by atoms with Crippen molar-refractivity contribution in [2.45, 2.75) is 38.8 Å².